The largest absolute Gasteiger partial charge is 0.444 e. The number of fused-ring (bicyclic) bond motifs is 1. The average molecular weight is 568 g/mol. The molecule has 0 radical (unpaired) electrons. The van der Waals surface area contributed by atoms with Gasteiger partial charge in [-0.15, -0.1) is 0 Å². The van der Waals surface area contributed by atoms with Crippen molar-refractivity contribution in [2.45, 2.75) is 51.3 Å². The Bertz CT molecular complexity index is 1570. The molecule has 3 amide bonds. The molecule has 42 heavy (non-hydrogen) atoms. The van der Waals surface area contributed by atoms with E-state index >= 15 is 0 Å². The number of anilines is 2. The Hall–Kier alpha value is -4.79. The van der Waals surface area contributed by atoms with Crippen molar-refractivity contribution in [1.82, 2.24) is 15.2 Å². The lowest BCUT2D eigenvalue weighted by molar-refractivity contribution is -0.138. The van der Waals surface area contributed by atoms with Crippen LogP contribution >= 0.6 is 0 Å². The van der Waals surface area contributed by atoms with E-state index in [9.17, 15) is 14.4 Å². The van der Waals surface area contributed by atoms with E-state index in [4.69, 9.17) is 4.74 Å². The summed E-state index contributed by atoms with van der Waals surface area (Å²) in [6.45, 7) is 5.71. The third kappa shape index (κ3) is 6.57. The number of carbonyl (C=O) groups is 3. The molecule has 1 aliphatic heterocycles. The minimum atomic E-state index is -0.980. The molecule has 218 valence electrons. The van der Waals surface area contributed by atoms with Crippen LogP contribution in [0.25, 0.3) is 22.2 Å². The highest BCUT2D eigenvalue weighted by Crippen LogP contribution is 2.29. The fourth-order valence-corrected chi connectivity index (χ4v) is 5.24. The van der Waals surface area contributed by atoms with Crippen molar-refractivity contribution >= 4 is 40.2 Å². The lowest BCUT2D eigenvalue weighted by atomic mass is 10.0. The fraction of sp³-hybridized carbons (Fsp3) is 0.303. The Kier molecular flexibility index (Phi) is 8.20. The molecule has 1 aromatic heterocycles. The summed E-state index contributed by atoms with van der Waals surface area (Å²) in [5, 5.41) is 9.82. The van der Waals surface area contributed by atoms with Crippen LogP contribution in [0.4, 0.5) is 16.2 Å². The van der Waals surface area contributed by atoms with Gasteiger partial charge in [0.25, 0.3) is 5.91 Å². The second-order valence-electron chi connectivity index (χ2n) is 11.5. The highest BCUT2D eigenvalue weighted by atomic mass is 16.6. The Morgan fingerprint density at radius 3 is 2.36 bits per heavy atom. The van der Waals surface area contributed by atoms with Crippen molar-refractivity contribution in [2.24, 2.45) is 0 Å². The molecule has 2 heterocycles. The zero-order chi connectivity index (χ0) is 29.9. The summed E-state index contributed by atoms with van der Waals surface area (Å²) in [5.41, 5.74) is 4.58. The molecular formula is C33H37N5O4. The molecule has 2 atom stereocenters. The summed E-state index contributed by atoms with van der Waals surface area (Å²) >= 11 is 0. The minimum Gasteiger partial charge on any atom is -0.444 e. The molecule has 1 saturated heterocycles. The van der Waals surface area contributed by atoms with Gasteiger partial charge in [0, 0.05) is 41.6 Å². The molecule has 4 N–H and O–H groups in total. The van der Waals surface area contributed by atoms with E-state index < -0.39 is 23.8 Å². The normalized spacial score (nSPS) is 15.7. The van der Waals surface area contributed by atoms with Crippen LogP contribution in [-0.4, -0.2) is 53.0 Å². The van der Waals surface area contributed by atoms with E-state index in [0.717, 1.165) is 27.8 Å². The lowest BCUT2D eigenvalue weighted by Gasteiger charge is -2.29. The van der Waals surface area contributed by atoms with Crippen LogP contribution < -0.4 is 16.0 Å². The van der Waals surface area contributed by atoms with Crippen molar-refractivity contribution in [3.8, 4) is 11.3 Å². The quantitative estimate of drug-likeness (QED) is 0.216. The Balaban J connectivity index is 1.32. The molecule has 0 aliphatic carbocycles. The first-order chi connectivity index (χ1) is 20.1. The van der Waals surface area contributed by atoms with Gasteiger partial charge in [0.1, 0.15) is 17.7 Å². The van der Waals surface area contributed by atoms with Crippen LogP contribution in [-0.2, 0) is 14.3 Å². The maximum absolute atomic E-state index is 13.8. The van der Waals surface area contributed by atoms with Crippen LogP contribution in [0.3, 0.4) is 0 Å². The van der Waals surface area contributed by atoms with Gasteiger partial charge in [-0.1, -0.05) is 42.5 Å². The number of H-pyrrole nitrogens is 1. The topological polar surface area (TPSA) is 116 Å². The number of amides is 3. The second-order valence-corrected chi connectivity index (χ2v) is 11.5. The molecule has 9 nitrogen and oxygen atoms in total. The number of carbonyl (C=O) groups excluding carboxylic acids is 3. The third-order valence-electron chi connectivity index (χ3n) is 7.25. The van der Waals surface area contributed by atoms with Crippen LogP contribution in [0.5, 0.6) is 0 Å². The smallest absolute Gasteiger partial charge is 0.408 e. The molecule has 4 aromatic rings. The van der Waals surface area contributed by atoms with Gasteiger partial charge in [0.2, 0.25) is 5.91 Å². The van der Waals surface area contributed by atoms with Gasteiger partial charge in [0.05, 0.1) is 0 Å². The molecule has 0 bridgehead atoms. The molecule has 3 aromatic carbocycles. The number of hydrogen-bond donors (Lipinski definition) is 4. The maximum Gasteiger partial charge on any atom is 0.408 e. The molecule has 0 saturated carbocycles. The van der Waals surface area contributed by atoms with E-state index in [0.29, 0.717) is 30.6 Å². The van der Waals surface area contributed by atoms with Gasteiger partial charge < -0.3 is 30.6 Å². The highest BCUT2D eigenvalue weighted by Gasteiger charge is 2.38. The summed E-state index contributed by atoms with van der Waals surface area (Å²) in [5.74, 6) is -0.609. The first-order valence-corrected chi connectivity index (χ1v) is 14.2. The lowest BCUT2D eigenvalue weighted by Crippen LogP contribution is -2.49. The number of likely N-dealkylation sites (tertiary alicyclic amines) is 1. The number of nitrogens with one attached hydrogen (secondary N) is 4. The van der Waals surface area contributed by atoms with Crippen molar-refractivity contribution in [2.75, 3.05) is 24.2 Å². The fourth-order valence-electron chi connectivity index (χ4n) is 5.24. The minimum absolute atomic E-state index is 0.261. The third-order valence-corrected chi connectivity index (χ3v) is 7.25. The standard InChI is InChI=1S/C33H37N5O4/c1-33(2,3)42-32(41)37-29(22-9-6-5-7-10-22)31(40)38-18-8-11-28(38)30(39)35-25-16-17-26-23(19-25)20-27(36-26)21-12-14-24(34-4)15-13-21/h5-7,9-10,12-17,19-20,28-29,34,36H,8,11,18H2,1-4H3,(H,35,39)(H,37,41)/t28-,29+/m0/s1. The number of aromatic nitrogens is 1. The number of hydrogen-bond acceptors (Lipinski definition) is 5. The van der Waals surface area contributed by atoms with Crippen molar-refractivity contribution in [3.63, 3.8) is 0 Å². The van der Waals surface area contributed by atoms with Gasteiger partial charge >= 0.3 is 6.09 Å². The summed E-state index contributed by atoms with van der Waals surface area (Å²) in [6.07, 6.45) is 0.525. The number of benzene rings is 3. The van der Waals surface area contributed by atoms with Crippen LogP contribution in [0.15, 0.2) is 78.9 Å². The van der Waals surface area contributed by atoms with Crippen LogP contribution in [0.2, 0.25) is 0 Å². The summed E-state index contributed by atoms with van der Waals surface area (Å²) < 4.78 is 5.43. The van der Waals surface area contributed by atoms with Gasteiger partial charge in [-0.3, -0.25) is 9.59 Å². The molecule has 0 unspecified atom stereocenters. The van der Waals surface area contributed by atoms with E-state index in [1.165, 1.54) is 0 Å². The molecule has 0 spiro atoms. The van der Waals surface area contributed by atoms with E-state index in [1.54, 1.807) is 49.9 Å². The van der Waals surface area contributed by atoms with Gasteiger partial charge in [0.15, 0.2) is 0 Å². The molecule has 9 heteroatoms. The molecule has 5 rings (SSSR count). The molecular weight excluding hydrogens is 530 g/mol. The number of alkyl carbamates (subject to hydrolysis) is 1. The van der Waals surface area contributed by atoms with Crippen LogP contribution in [0, 0.1) is 0 Å². The monoisotopic (exact) mass is 567 g/mol. The average Bonchev–Trinajstić information content (AvgIpc) is 3.63. The Labute approximate surface area is 245 Å². The van der Waals surface area contributed by atoms with E-state index in [1.807, 2.05) is 55.6 Å². The van der Waals surface area contributed by atoms with Gasteiger partial charge in [-0.05, 0) is 81.1 Å². The van der Waals surface area contributed by atoms with Crippen LogP contribution in [0.1, 0.15) is 45.2 Å². The second kappa shape index (κ2) is 12.0. The predicted octanol–water partition coefficient (Wildman–Crippen LogP) is 6.07. The maximum atomic E-state index is 13.8. The first kappa shape index (κ1) is 28.7. The highest BCUT2D eigenvalue weighted by molar-refractivity contribution is 6.00. The zero-order valence-electron chi connectivity index (χ0n) is 24.4. The summed E-state index contributed by atoms with van der Waals surface area (Å²) in [7, 11) is 1.89. The van der Waals surface area contributed by atoms with Crippen molar-refractivity contribution < 1.29 is 19.1 Å². The van der Waals surface area contributed by atoms with E-state index in [2.05, 4.69) is 27.0 Å². The number of aromatic amines is 1. The number of ether oxygens (including phenoxy) is 1. The van der Waals surface area contributed by atoms with Crippen molar-refractivity contribution in [3.05, 3.63) is 84.4 Å². The Morgan fingerprint density at radius 2 is 1.67 bits per heavy atom. The predicted molar refractivity (Wildman–Crippen MR) is 165 cm³/mol. The van der Waals surface area contributed by atoms with E-state index in [-0.39, 0.29) is 11.8 Å². The molecule has 1 aliphatic rings. The summed E-state index contributed by atoms with van der Waals surface area (Å²) in [4.78, 5) is 45.0. The number of rotatable bonds is 7. The first-order valence-electron chi connectivity index (χ1n) is 14.2. The zero-order valence-corrected chi connectivity index (χ0v) is 24.4. The van der Waals surface area contributed by atoms with Crippen molar-refractivity contribution in [1.29, 1.82) is 0 Å². The summed E-state index contributed by atoms with van der Waals surface area (Å²) in [6, 6.07) is 23.3. The molecule has 1 fully saturated rings. The number of nitrogens with zero attached hydrogens (tertiary/aromatic N) is 1. The Morgan fingerprint density at radius 1 is 0.952 bits per heavy atom. The van der Waals surface area contributed by atoms with Gasteiger partial charge in [-0.2, -0.15) is 0 Å². The van der Waals surface area contributed by atoms with Gasteiger partial charge in [-0.25, -0.2) is 4.79 Å². The SMILES string of the molecule is CNc1ccc(-c2cc3cc(NC(=O)[C@@H]4CCCN4C(=O)[C@H](NC(=O)OC(C)(C)C)c4ccccc4)ccc3[nH]2)cc1.